The highest BCUT2D eigenvalue weighted by atomic mass is 32.2. The number of halogens is 2. The second-order valence-electron chi connectivity index (χ2n) is 4.20. The van der Waals surface area contributed by atoms with Crippen LogP contribution < -0.4 is 14.8 Å². The average Bonchev–Trinajstić information content (AvgIpc) is 2.45. The number of nitrogens with one attached hydrogen (secondary N) is 1. The summed E-state index contributed by atoms with van der Waals surface area (Å²) in [5.41, 5.74) is 0.891. The zero-order chi connectivity index (χ0) is 15.7. The van der Waals surface area contributed by atoms with Gasteiger partial charge in [0.05, 0.1) is 6.61 Å². The van der Waals surface area contributed by atoms with Crippen LogP contribution in [0.5, 0.6) is 11.5 Å². The Morgan fingerprint density at radius 1 is 1.29 bits per heavy atom. The molecule has 0 saturated carbocycles. The van der Waals surface area contributed by atoms with Crippen LogP contribution in [0.4, 0.5) is 8.78 Å². The highest BCUT2D eigenvalue weighted by Crippen LogP contribution is 2.29. The minimum Gasteiger partial charge on any atom is -0.490 e. The molecule has 120 valence electrons. The predicted octanol–water partition coefficient (Wildman–Crippen LogP) is 2.54. The van der Waals surface area contributed by atoms with Crippen molar-refractivity contribution in [3.8, 4) is 11.5 Å². The number of alkyl halides is 2. The Morgan fingerprint density at radius 2 is 2.05 bits per heavy atom. The first kappa shape index (κ1) is 17.8. The van der Waals surface area contributed by atoms with Gasteiger partial charge in [0.25, 0.3) is 0 Å². The van der Waals surface area contributed by atoms with E-state index >= 15 is 0 Å². The summed E-state index contributed by atoms with van der Waals surface area (Å²) in [6.07, 6.45) is 0. The zero-order valence-corrected chi connectivity index (χ0v) is 13.1. The van der Waals surface area contributed by atoms with Gasteiger partial charge in [-0.1, -0.05) is 13.0 Å². The van der Waals surface area contributed by atoms with Gasteiger partial charge < -0.3 is 14.8 Å². The van der Waals surface area contributed by atoms with Gasteiger partial charge in [0.1, 0.15) is 0 Å². The van der Waals surface area contributed by atoms with Gasteiger partial charge in [0.2, 0.25) is 0 Å². The first-order valence-corrected chi connectivity index (χ1v) is 8.31. The van der Waals surface area contributed by atoms with E-state index in [-0.39, 0.29) is 5.75 Å². The van der Waals surface area contributed by atoms with Crippen LogP contribution in [-0.4, -0.2) is 35.5 Å². The van der Waals surface area contributed by atoms with Gasteiger partial charge in [-0.15, -0.1) is 0 Å². The summed E-state index contributed by atoms with van der Waals surface area (Å²) in [4.78, 5) is 0. The maximum absolute atomic E-state index is 12.3. The first-order chi connectivity index (χ1) is 10.1. The zero-order valence-electron chi connectivity index (χ0n) is 12.2. The minimum absolute atomic E-state index is 0.0303. The summed E-state index contributed by atoms with van der Waals surface area (Å²) in [6, 6.07) is 4.84. The summed E-state index contributed by atoms with van der Waals surface area (Å²) in [5.74, 6) is 1.58. The Labute approximate surface area is 126 Å². The molecule has 1 rings (SSSR count). The molecule has 0 saturated heterocycles. The minimum atomic E-state index is -2.88. The number of benzene rings is 1. The Kier molecular flexibility index (Phi) is 8.22. The first-order valence-electron chi connectivity index (χ1n) is 6.83. The molecule has 0 aromatic heterocycles. The van der Waals surface area contributed by atoms with Crippen molar-refractivity contribution in [3.63, 3.8) is 0 Å². The van der Waals surface area contributed by atoms with Crippen molar-refractivity contribution in [2.24, 2.45) is 0 Å². The van der Waals surface area contributed by atoms with Crippen molar-refractivity contribution in [1.82, 2.24) is 5.32 Å². The highest BCUT2D eigenvalue weighted by Gasteiger charge is 2.11. The molecule has 0 aliphatic heterocycles. The summed E-state index contributed by atoms with van der Waals surface area (Å²) >= 11 is 0. The van der Waals surface area contributed by atoms with Crippen molar-refractivity contribution < 1.29 is 22.5 Å². The summed E-state index contributed by atoms with van der Waals surface area (Å²) in [5, 5.41) is 3.16. The molecule has 1 aromatic carbocycles. The molecular weight excluding hydrogens is 300 g/mol. The van der Waals surface area contributed by atoms with Crippen molar-refractivity contribution in [1.29, 1.82) is 0 Å². The van der Waals surface area contributed by atoms with Crippen LogP contribution in [0.2, 0.25) is 0 Å². The van der Waals surface area contributed by atoms with E-state index in [4.69, 9.17) is 4.74 Å². The van der Waals surface area contributed by atoms with E-state index in [0.717, 1.165) is 5.56 Å². The highest BCUT2D eigenvalue weighted by molar-refractivity contribution is 7.84. The van der Waals surface area contributed by atoms with Crippen LogP contribution in [-0.2, 0) is 17.3 Å². The molecule has 0 radical (unpaired) electrons. The van der Waals surface area contributed by atoms with Crippen LogP contribution in [0.25, 0.3) is 0 Å². The van der Waals surface area contributed by atoms with E-state index in [1.807, 2.05) is 6.92 Å². The number of hydrogen-bond donors (Lipinski definition) is 1. The number of rotatable bonds is 10. The lowest BCUT2D eigenvalue weighted by atomic mass is 10.2. The van der Waals surface area contributed by atoms with Crippen molar-refractivity contribution >= 4 is 10.8 Å². The lowest BCUT2D eigenvalue weighted by Gasteiger charge is -2.13. The van der Waals surface area contributed by atoms with Gasteiger partial charge in [-0.05, 0) is 24.6 Å². The standard InChI is InChI=1S/C14H21F2NO3S/c1-3-19-13-9-11(5-6-12(13)20-14(15)16)10-17-7-8-21(18)4-2/h5-6,9,14,17H,3-4,7-8,10H2,1-2H3. The third kappa shape index (κ3) is 6.86. The molecule has 0 heterocycles. The van der Waals surface area contributed by atoms with Crippen molar-refractivity contribution in [2.45, 2.75) is 27.0 Å². The van der Waals surface area contributed by atoms with Crippen LogP contribution in [0.15, 0.2) is 18.2 Å². The van der Waals surface area contributed by atoms with Gasteiger partial charge in [-0.25, -0.2) is 0 Å². The molecule has 7 heteroatoms. The van der Waals surface area contributed by atoms with E-state index < -0.39 is 17.4 Å². The van der Waals surface area contributed by atoms with E-state index in [1.165, 1.54) is 6.07 Å². The molecule has 0 fully saturated rings. The summed E-state index contributed by atoms with van der Waals surface area (Å²) in [7, 11) is -0.793. The largest absolute Gasteiger partial charge is 0.490 e. The van der Waals surface area contributed by atoms with Crippen LogP contribution in [0, 0.1) is 0 Å². The smallest absolute Gasteiger partial charge is 0.387 e. The van der Waals surface area contributed by atoms with E-state index in [2.05, 4.69) is 10.1 Å². The summed E-state index contributed by atoms with van der Waals surface area (Å²) < 4.78 is 45.5. The molecule has 1 unspecified atom stereocenters. The molecule has 1 N–H and O–H groups in total. The molecule has 21 heavy (non-hydrogen) atoms. The molecule has 1 atom stereocenters. The monoisotopic (exact) mass is 321 g/mol. The molecule has 0 aliphatic rings. The number of hydrogen-bond acceptors (Lipinski definition) is 4. The lowest BCUT2D eigenvalue weighted by Crippen LogP contribution is -2.20. The lowest BCUT2D eigenvalue weighted by molar-refractivity contribution is -0.0514. The van der Waals surface area contributed by atoms with Crippen LogP contribution in [0.3, 0.4) is 0 Å². The topological polar surface area (TPSA) is 47.6 Å². The second-order valence-corrected chi connectivity index (χ2v) is 6.07. The maximum Gasteiger partial charge on any atom is 0.387 e. The van der Waals surface area contributed by atoms with Gasteiger partial charge in [0.15, 0.2) is 11.5 Å². The Bertz CT molecular complexity index is 458. The fraction of sp³-hybridized carbons (Fsp3) is 0.571. The quantitative estimate of drug-likeness (QED) is 0.673. The Balaban J connectivity index is 2.58. The predicted molar refractivity (Wildman–Crippen MR) is 79.5 cm³/mol. The van der Waals surface area contributed by atoms with Crippen molar-refractivity contribution in [2.75, 3.05) is 24.7 Å². The maximum atomic E-state index is 12.3. The van der Waals surface area contributed by atoms with E-state index in [9.17, 15) is 13.0 Å². The van der Waals surface area contributed by atoms with Crippen LogP contribution in [0.1, 0.15) is 19.4 Å². The molecule has 0 aliphatic carbocycles. The molecule has 0 amide bonds. The average molecular weight is 321 g/mol. The van der Waals surface area contributed by atoms with Crippen LogP contribution >= 0.6 is 0 Å². The molecule has 0 bridgehead atoms. The molecule has 4 nitrogen and oxygen atoms in total. The van der Waals surface area contributed by atoms with E-state index in [0.29, 0.717) is 37.0 Å². The van der Waals surface area contributed by atoms with E-state index in [1.54, 1.807) is 19.1 Å². The Morgan fingerprint density at radius 3 is 2.67 bits per heavy atom. The molecule has 0 spiro atoms. The SMILES string of the molecule is CCOc1cc(CNCCS(=O)CC)ccc1OC(F)F. The van der Waals surface area contributed by atoms with Gasteiger partial charge in [-0.2, -0.15) is 8.78 Å². The summed E-state index contributed by atoms with van der Waals surface area (Å²) in [6.45, 7) is 2.34. The van der Waals surface area contributed by atoms with Gasteiger partial charge >= 0.3 is 6.61 Å². The fourth-order valence-corrected chi connectivity index (χ4v) is 2.35. The second kappa shape index (κ2) is 9.68. The Hall–Kier alpha value is -1.21. The third-order valence-corrected chi connectivity index (χ3v) is 3.99. The van der Waals surface area contributed by atoms with Gasteiger partial charge in [-0.3, -0.25) is 4.21 Å². The van der Waals surface area contributed by atoms with Gasteiger partial charge in [0, 0.05) is 35.4 Å². The fourth-order valence-electron chi connectivity index (χ4n) is 1.69. The molecular formula is C14H21F2NO3S. The molecule has 1 aromatic rings. The number of ether oxygens (including phenoxy) is 2. The van der Waals surface area contributed by atoms with Crippen molar-refractivity contribution in [3.05, 3.63) is 23.8 Å². The third-order valence-electron chi connectivity index (χ3n) is 2.68. The normalized spacial score (nSPS) is 12.4.